The molecule has 1 aliphatic rings. The number of benzene rings is 1. The number of ether oxygens (including phenoxy) is 1. The Hall–Kier alpha value is -2.08. The van der Waals surface area contributed by atoms with Crippen molar-refractivity contribution in [2.75, 3.05) is 26.2 Å². The molecule has 1 saturated heterocycles. The zero-order valence-electron chi connectivity index (χ0n) is 16.8. The lowest BCUT2D eigenvalue weighted by Gasteiger charge is -2.36. The predicted molar refractivity (Wildman–Crippen MR) is 107 cm³/mol. The highest BCUT2D eigenvalue weighted by Crippen LogP contribution is 2.24. The van der Waals surface area contributed by atoms with Gasteiger partial charge in [0.05, 0.1) is 13.0 Å². The van der Waals surface area contributed by atoms with Crippen LogP contribution in [-0.4, -0.2) is 49.0 Å². The standard InChI is InChI=1S/C21H33N3O3/c1-15-12-16(2)17(3)19(13-15)27-11-8-21(26)24-10-5-4-6-18(24)14-23-20(25)7-9-22/h12-13,18H,4-11,14,22H2,1-3H3,(H,23,25). The fraction of sp³-hybridized carbons (Fsp3) is 0.619. The number of nitrogens with zero attached hydrogens (tertiary/aromatic N) is 1. The number of nitrogens with one attached hydrogen (secondary N) is 1. The molecule has 1 heterocycles. The molecule has 1 aromatic carbocycles. The number of rotatable bonds is 8. The van der Waals surface area contributed by atoms with Crippen LogP contribution in [0.1, 0.15) is 48.8 Å². The number of carbonyl (C=O) groups excluding carboxylic acids is 2. The highest BCUT2D eigenvalue weighted by atomic mass is 16.5. The summed E-state index contributed by atoms with van der Waals surface area (Å²) in [6, 6.07) is 4.21. The third kappa shape index (κ3) is 6.24. The van der Waals surface area contributed by atoms with Crippen LogP contribution in [0.25, 0.3) is 0 Å². The van der Waals surface area contributed by atoms with Crippen LogP contribution in [0.3, 0.4) is 0 Å². The van der Waals surface area contributed by atoms with Crippen LogP contribution < -0.4 is 15.8 Å². The van der Waals surface area contributed by atoms with Crippen LogP contribution in [-0.2, 0) is 9.59 Å². The third-order valence-corrected chi connectivity index (χ3v) is 5.19. The maximum Gasteiger partial charge on any atom is 0.226 e. The molecule has 1 fully saturated rings. The summed E-state index contributed by atoms with van der Waals surface area (Å²) in [6.07, 6.45) is 3.69. The first-order valence-electron chi connectivity index (χ1n) is 9.89. The quantitative estimate of drug-likeness (QED) is 0.730. The largest absolute Gasteiger partial charge is 0.493 e. The molecule has 0 spiro atoms. The van der Waals surface area contributed by atoms with Gasteiger partial charge >= 0.3 is 0 Å². The van der Waals surface area contributed by atoms with Crippen LogP contribution in [0.15, 0.2) is 12.1 Å². The number of amides is 2. The Morgan fingerprint density at radius 2 is 2.00 bits per heavy atom. The summed E-state index contributed by atoms with van der Waals surface area (Å²) in [4.78, 5) is 26.3. The maximum absolute atomic E-state index is 12.7. The van der Waals surface area contributed by atoms with Crippen LogP contribution in [0.4, 0.5) is 0 Å². The van der Waals surface area contributed by atoms with Gasteiger partial charge in [0.15, 0.2) is 0 Å². The summed E-state index contributed by atoms with van der Waals surface area (Å²) in [7, 11) is 0. The number of likely N-dealkylation sites (tertiary alicyclic amines) is 1. The van der Waals surface area contributed by atoms with E-state index in [1.54, 1.807) is 0 Å². The Kier molecular flexibility index (Phi) is 8.10. The SMILES string of the molecule is Cc1cc(C)c(C)c(OCCC(=O)N2CCCCC2CNC(=O)CCN)c1. The second-order valence-electron chi connectivity index (χ2n) is 7.38. The summed E-state index contributed by atoms with van der Waals surface area (Å²) in [6.45, 7) is 8.11. The zero-order chi connectivity index (χ0) is 19.8. The molecule has 0 radical (unpaired) electrons. The number of nitrogens with two attached hydrogens (primary N) is 1. The van der Waals surface area contributed by atoms with Crippen molar-refractivity contribution in [2.45, 2.75) is 58.9 Å². The Labute approximate surface area is 162 Å². The van der Waals surface area contributed by atoms with E-state index in [1.807, 2.05) is 24.8 Å². The molecule has 0 bridgehead atoms. The molecular weight excluding hydrogens is 342 g/mol. The van der Waals surface area contributed by atoms with Gasteiger partial charge in [0.2, 0.25) is 11.8 Å². The summed E-state index contributed by atoms with van der Waals surface area (Å²) in [5.74, 6) is 0.892. The van der Waals surface area contributed by atoms with E-state index in [9.17, 15) is 9.59 Å². The Balaban J connectivity index is 1.86. The van der Waals surface area contributed by atoms with E-state index in [1.165, 1.54) is 5.56 Å². The molecule has 27 heavy (non-hydrogen) atoms. The lowest BCUT2D eigenvalue weighted by molar-refractivity contribution is -0.136. The first-order valence-corrected chi connectivity index (χ1v) is 9.89. The minimum absolute atomic E-state index is 0.0518. The molecular formula is C21H33N3O3. The molecule has 6 heteroatoms. The number of aryl methyl sites for hydroxylation is 2. The highest BCUT2D eigenvalue weighted by Gasteiger charge is 2.26. The van der Waals surface area contributed by atoms with E-state index in [2.05, 4.69) is 18.3 Å². The van der Waals surface area contributed by atoms with Crippen molar-refractivity contribution in [2.24, 2.45) is 5.73 Å². The van der Waals surface area contributed by atoms with Gasteiger partial charge in [0.1, 0.15) is 5.75 Å². The Morgan fingerprint density at radius 1 is 1.22 bits per heavy atom. The molecule has 2 rings (SSSR count). The average Bonchev–Trinajstić information content (AvgIpc) is 2.64. The van der Waals surface area contributed by atoms with E-state index in [-0.39, 0.29) is 17.9 Å². The Morgan fingerprint density at radius 3 is 2.74 bits per heavy atom. The maximum atomic E-state index is 12.7. The van der Waals surface area contributed by atoms with Crippen LogP contribution >= 0.6 is 0 Å². The molecule has 1 aromatic rings. The highest BCUT2D eigenvalue weighted by molar-refractivity contribution is 5.78. The third-order valence-electron chi connectivity index (χ3n) is 5.19. The molecule has 2 amide bonds. The lowest BCUT2D eigenvalue weighted by Crippen LogP contribution is -2.49. The smallest absolute Gasteiger partial charge is 0.226 e. The predicted octanol–water partition coefficient (Wildman–Crippen LogP) is 2.23. The molecule has 1 unspecified atom stereocenters. The molecule has 1 aliphatic heterocycles. The summed E-state index contributed by atoms with van der Waals surface area (Å²) in [5, 5.41) is 2.90. The normalized spacial score (nSPS) is 16.9. The summed E-state index contributed by atoms with van der Waals surface area (Å²) in [5.41, 5.74) is 8.87. The van der Waals surface area contributed by atoms with Gasteiger partial charge in [0, 0.05) is 32.1 Å². The minimum Gasteiger partial charge on any atom is -0.493 e. The van der Waals surface area contributed by atoms with Crippen molar-refractivity contribution in [3.05, 3.63) is 28.8 Å². The van der Waals surface area contributed by atoms with Crippen molar-refractivity contribution in [1.29, 1.82) is 0 Å². The van der Waals surface area contributed by atoms with E-state index in [0.29, 0.717) is 32.5 Å². The van der Waals surface area contributed by atoms with Crippen LogP contribution in [0.2, 0.25) is 0 Å². The fourth-order valence-corrected chi connectivity index (χ4v) is 3.53. The zero-order valence-corrected chi connectivity index (χ0v) is 16.8. The van der Waals surface area contributed by atoms with Crippen molar-refractivity contribution in [3.8, 4) is 5.75 Å². The lowest BCUT2D eigenvalue weighted by atomic mass is 10.0. The molecule has 6 nitrogen and oxygen atoms in total. The van der Waals surface area contributed by atoms with Crippen LogP contribution in [0.5, 0.6) is 5.75 Å². The van der Waals surface area contributed by atoms with Gasteiger partial charge < -0.3 is 20.7 Å². The molecule has 1 atom stereocenters. The Bertz CT molecular complexity index is 660. The topological polar surface area (TPSA) is 84.7 Å². The number of carbonyl (C=O) groups is 2. The first-order chi connectivity index (χ1) is 12.9. The molecule has 0 aromatic heterocycles. The van der Waals surface area contributed by atoms with Crippen molar-refractivity contribution >= 4 is 11.8 Å². The van der Waals surface area contributed by atoms with E-state index < -0.39 is 0 Å². The van der Waals surface area contributed by atoms with Crippen LogP contribution in [0, 0.1) is 20.8 Å². The van der Waals surface area contributed by atoms with Crippen molar-refractivity contribution in [1.82, 2.24) is 10.2 Å². The van der Waals surface area contributed by atoms with Gasteiger partial charge in [-0.15, -0.1) is 0 Å². The van der Waals surface area contributed by atoms with E-state index in [4.69, 9.17) is 10.5 Å². The van der Waals surface area contributed by atoms with Gasteiger partial charge in [-0.2, -0.15) is 0 Å². The fourth-order valence-electron chi connectivity index (χ4n) is 3.53. The van der Waals surface area contributed by atoms with Gasteiger partial charge in [0.25, 0.3) is 0 Å². The molecule has 3 N–H and O–H groups in total. The minimum atomic E-state index is -0.0518. The van der Waals surface area contributed by atoms with Crippen molar-refractivity contribution in [3.63, 3.8) is 0 Å². The van der Waals surface area contributed by atoms with Crippen molar-refractivity contribution < 1.29 is 14.3 Å². The van der Waals surface area contributed by atoms with Gasteiger partial charge in [-0.25, -0.2) is 0 Å². The molecule has 150 valence electrons. The second-order valence-corrected chi connectivity index (χ2v) is 7.38. The van der Waals surface area contributed by atoms with E-state index >= 15 is 0 Å². The number of piperidine rings is 1. The van der Waals surface area contributed by atoms with Gasteiger partial charge in [-0.1, -0.05) is 6.07 Å². The van der Waals surface area contributed by atoms with Gasteiger partial charge in [-0.3, -0.25) is 9.59 Å². The second kappa shape index (κ2) is 10.3. The first kappa shape index (κ1) is 21.2. The average molecular weight is 376 g/mol. The molecule has 0 aliphatic carbocycles. The summed E-state index contributed by atoms with van der Waals surface area (Å²) >= 11 is 0. The number of hydrogen-bond acceptors (Lipinski definition) is 4. The summed E-state index contributed by atoms with van der Waals surface area (Å²) < 4.78 is 5.89. The van der Waals surface area contributed by atoms with Gasteiger partial charge in [-0.05, 0) is 62.8 Å². The molecule has 0 saturated carbocycles. The van der Waals surface area contributed by atoms with E-state index in [0.717, 1.165) is 42.7 Å². The number of hydrogen-bond donors (Lipinski definition) is 2. The monoisotopic (exact) mass is 375 g/mol.